The van der Waals surface area contributed by atoms with Gasteiger partial charge in [-0.1, -0.05) is 12.1 Å². The van der Waals surface area contributed by atoms with Crippen molar-refractivity contribution in [1.29, 1.82) is 0 Å². The molecule has 38 heavy (non-hydrogen) atoms. The number of nitrogens with zero attached hydrogens (tertiary/aromatic N) is 3. The number of carbonyl (C=O) groups excluding carboxylic acids is 1. The topological polar surface area (TPSA) is 36.0 Å². The van der Waals surface area contributed by atoms with Crippen molar-refractivity contribution in [3.63, 3.8) is 0 Å². The lowest BCUT2D eigenvalue weighted by Gasteiger charge is -2.49. The third kappa shape index (κ3) is 6.65. The normalized spacial score (nSPS) is 18.7. The van der Waals surface area contributed by atoms with E-state index < -0.39 is 35.3 Å². The molecule has 1 unspecified atom stereocenters. The van der Waals surface area contributed by atoms with E-state index in [0.29, 0.717) is 44.0 Å². The smallest absolute Gasteiger partial charge is 0.379 e. The number of carbonyl (C=O) groups is 1. The Morgan fingerprint density at radius 1 is 0.974 bits per heavy atom. The molecule has 0 aliphatic carbocycles. The Bertz CT molecular complexity index is 1080. The van der Waals surface area contributed by atoms with Crippen LogP contribution in [0.2, 0.25) is 0 Å². The summed E-state index contributed by atoms with van der Waals surface area (Å²) in [5, 5.41) is 0. The van der Waals surface area contributed by atoms with Gasteiger partial charge >= 0.3 is 12.4 Å². The molecule has 12 heteroatoms. The number of benzene rings is 2. The number of ether oxygens (including phenoxy) is 1. The molecule has 4 rings (SSSR count). The molecule has 0 aromatic heterocycles. The summed E-state index contributed by atoms with van der Waals surface area (Å²) in [6, 6.07) is 6.41. The van der Waals surface area contributed by atoms with Crippen LogP contribution in [0.1, 0.15) is 28.3 Å². The molecule has 5 nitrogen and oxygen atoms in total. The Labute approximate surface area is 215 Å². The van der Waals surface area contributed by atoms with Crippen LogP contribution in [0.25, 0.3) is 0 Å². The lowest BCUT2D eigenvalue weighted by atomic mass is 9.96. The third-order valence-electron chi connectivity index (χ3n) is 7.00. The predicted octanol–water partition coefficient (Wildman–Crippen LogP) is 4.62. The summed E-state index contributed by atoms with van der Waals surface area (Å²) in [5.74, 6) is -0.840. The van der Waals surface area contributed by atoms with E-state index in [1.165, 1.54) is 36.2 Å². The number of likely N-dealkylation sites (tertiary alicyclic amines) is 1. The van der Waals surface area contributed by atoms with Crippen LogP contribution in [0.5, 0.6) is 0 Å². The van der Waals surface area contributed by atoms with Crippen LogP contribution in [0.15, 0.2) is 42.5 Å². The van der Waals surface area contributed by atoms with Gasteiger partial charge in [-0.2, -0.15) is 26.3 Å². The fourth-order valence-electron chi connectivity index (χ4n) is 4.81. The molecular formula is C26H28F7N3O2. The highest BCUT2D eigenvalue weighted by molar-refractivity contribution is 5.83. The number of rotatable bonds is 7. The Morgan fingerprint density at radius 3 is 2.05 bits per heavy atom. The number of amides is 1. The van der Waals surface area contributed by atoms with Gasteiger partial charge in [0.2, 0.25) is 5.91 Å². The van der Waals surface area contributed by atoms with Gasteiger partial charge in [-0.25, -0.2) is 4.39 Å². The molecule has 2 aromatic carbocycles. The number of hydrogen-bond acceptors (Lipinski definition) is 4. The average Bonchev–Trinajstić information content (AvgIpc) is 2.84. The first-order valence-electron chi connectivity index (χ1n) is 12.2. The molecule has 2 fully saturated rings. The molecule has 2 saturated heterocycles. The molecule has 2 aliphatic rings. The van der Waals surface area contributed by atoms with Crippen molar-refractivity contribution in [2.45, 2.75) is 30.9 Å². The standard InChI is InChI=1S/C26H28F7N3O2/c1-34(7-6-17-12-19(25(28,29)30)14-20(13-17)26(31,32)33)24(37)23(18-2-4-21(27)5-3-18)36-15-22(16-36)35-8-10-38-11-9-35/h2-5,12-14,22-23H,6-11,15-16H2,1H3. The van der Waals surface area contributed by atoms with Crippen molar-refractivity contribution in [1.82, 2.24) is 14.7 Å². The van der Waals surface area contributed by atoms with Crippen molar-refractivity contribution in [3.8, 4) is 0 Å². The van der Waals surface area contributed by atoms with Gasteiger partial charge in [0.05, 0.1) is 24.3 Å². The van der Waals surface area contributed by atoms with Crippen molar-refractivity contribution >= 4 is 5.91 Å². The molecule has 2 heterocycles. The maximum atomic E-state index is 13.6. The van der Waals surface area contributed by atoms with E-state index >= 15 is 0 Å². The summed E-state index contributed by atoms with van der Waals surface area (Å²) in [6.07, 6.45) is -10.1. The van der Waals surface area contributed by atoms with Crippen LogP contribution in [0.3, 0.4) is 0 Å². The third-order valence-corrected chi connectivity index (χ3v) is 7.00. The Balaban J connectivity index is 1.49. The van der Waals surface area contributed by atoms with Gasteiger partial charge in [0.15, 0.2) is 0 Å². The monoisotopic (exact) mass is 547 g/mol. The van der Waals surface area contributed by atoms with Gasteiger partial charge in [-0.3, -0.25) is 14.6 Å². The molecule has 0 spiro atoms. The zero-order valence-electron chi connectivity index (χ0n) is 20.7. The molecular weight excluding hydrogens is 519 g/mol. The van der Waals surface area contributed by atoms with Crippen molar-refractivity contribution in [2.75, 3.05) is 53.0 Å². The van der Waals surface area contributed by atoms with Gasteiger partial charge in [-0.15, -0.1) is 0 Å². The molecule has 0 radical (unpaired) electrons. The van der Waals surface area contributed by atoms with Gasteiger partial charge in [0, 0.05) is 45.8 Å². The van der Waals surface area contributed by atoms with E-state index in [-0.39, 0.29) is 36.5 Å². The summed E-state index contributed by atoms with van der Waals surface area (Å²) >= 11 is 0. The van der Waals surface area contributed by atoms with Crippen LogP contribution in [0, 0.1) is 5.82 Å². The fraction of sp³-hybridized carbons (Fsp3) is 0.500. The number of halogens is 7. The predicted molar refractivity (Wildman–Crippen MR) is 125 cm³/mol. The first kappa shape index (κ1) is 28.3. The maximum Gasteiger partial charge on any atom is 0.416 e. The van der Waals surface area contributed by atoms with E-state index in [0.717, 1.165) is 13.1 Å². The average molecular weight is 548 g/mol. The zero-order chi connectivity index (χ0) is 27.7. The molecule has 2 aromatic rings. The highest BCUT2D eigenvalue weighted by atomic mass is 19.4. The first-order valence-corrected chi connectivity index (χ1v) is 12.2. The maximum absolute atomic E-state index is 13.6. The Kier molecular flexibility index (Phi) is 8.34. The minimum Gasteiger partial charge on any atom is -0.379 e. The number of alkyl halides is 6. The van der Waals surface area contributed by atoms with Crippen LogP contribution >= 0.6 is 0 Å². The fourth-order valence-corrected chi connectivity index (χ4v) is 4.81. The van der Waals surface area contributed by atoms with Crippen molar-refractivity contribution in [3.05, 3.63) is 70.5 Å². The lowest BCUT2D eigenvalue weighted by molar-refractivity contribution is -0.143. The number of hydrogen-bond donors (Lipinski definition) is 0. The summed E-state index contributed by atoms with van der Waals surface area (Å²) in [6.45, 7) is 3.90. The molecule has 1 amide bonds. The van der Waals surface area contributed by atoms with E-state index in [4.69, 9.17) is 4.74 Å². The van der Waals surface area contributed by atoms with Crippen molar-refractivity contribution in [2.24, 2.45) is 0 Å². The zero-order valence-corrected chi connectivity index (χ0v) is 20.7. The van der Waals surface area contributed by atoms with Gasteiger partial charge < -0.3 is 9.64 Å². The summed E-state index contributed by atoms with van der Waals surface area (Å²) in [4.78, 5) is 19.0. The Hall–Kier alpha value is -2.70. The highest BCUT2D eigenvalue weighted by Gasteiger charge is 2.41. The summed E-state index contributed by atoms with van der Waals surface area (Å²) in [7, 11) is 1.45. The molecule has 0 saturated carbocycles. The quantitative estimate of drug-likeness (QED) is 0.474. The molecule has 0 bridgehead atoms. The minimum absolute atomic E-state index is 0.0810. The highest BCUT2D eigenvalue weighted by Crippen LogP contribution is 2.36. The second-order valence-corrected chi connectivity index (χ2v) is 9.63. The SMILES string of the molecule is CN(CCc1cc(C(F)(F)F)cc(C(F)(F)F)c1)C(=O)C(c1ccc(F)cc1)N1CC(N2CCOCC2)C1. The number of morpholine rings is 1. The van der Waals surface area contributed by atoms with Crippen LogP contribution in [0.4, 0.5) is 30.7 Å². The largest absolute Gasteiger partial charge is 0.416 e. The van der Waals surface area contributed by atoms with Gasteiger partial charge in [0.1, 0.15) is 11.9 Å². The van der Waals surface area contributed by atoms with E-state index in [9.17, 15) is 35.5 Å². The van der Waals surface area contributed by atoms with Gasteiger partial charge in [0.25, 0.3) is 0 Å². The lowest BCUT2D eigenvalue weighted by Crippen LogP contribution is -2.63. The summed E-state index contributed by atoms with van der Waals surface area (Å²) < 4.78 is 98.2. The second-order valence-electron chi connectivity index (χ2n) is 9.63. The molecule has 208 valence electrons. The van der Waals surface area contributed by atoms with Crippen molar-refractivity contribution < 1.29 is 40.3 Å². The molecule has 2 aliphatic heterocycles. The number of likely N-dealkylation sites (N-methyl/N-ethyl adjacent to an activating group) is 1. The summed E-state index contributed by atoms with van der Waals surface area (Å²) in [5.41, 5.74) is -2.41. The minimum atomic E-state index is -4.94. The molecule has 0 N–H and O–H groups in total. The first-order chi connectivity index (χ1) is 17.8. The van der Waals surface area contributed by atoms with Crippen LogP contribution in [-0.2, 0) is 28.3 Å². The Morgan fingerprint density at radius 2 is 1.53 bits per heavy atom. The van der Waals surface area contributed by atoms with Gasteiger partial charge in [-0.05, 0) is 47.9 Å². The van der Waals surface area contributed by atoms with E-state index in [2.05, 4.69) is 4.90 Å². The van der Waals surface area contributed by atoms with E-state index in [1.54, 1.807) is 0 Å². The molecule has 1 atom stereocenters. The second kappa shape index (κ2) is 11.2. The van der Waals surface area contributed by atoms with Crippen LogP contribution < -0.4 is 0 Å². The van der Waals surface area contributed by atoms with Crippen LogP contribution in [-0.4, -0.2) is 79.6 Å². The van der Waals surface area contributed by atoms with E-state index in [1.807, 2.05) is 4.90 Å².